The second-order valence-corrected chi connectivity index (χ2v) is 12.3. The summed E-state index contributed by atoms with van der Waals surface area (Å²) in [5.41, 5.74) is 11.7. The van der Waals surface area contributed by atoms with Gasteiger partial charge in [-0.1, -0.05) is 91.0 Å². The van der Waals surface area contributed by atoms with Crippen molar-refractivity contribution < 1.29 is 0 Å². The molecule has 0 aliphatic heterocycles. The van der Waals surface area contributed by atoms with E-state index in [4.69, 9.17) is 6.57 Å². The van der Waals surface area contributed by atoms with Gasteiger partial charge in [0, 0.05) is 38.3 Å². The summed E-state index contributed by atoms with van der Waals surface area (Å²) in [4.78, 5) is 3.71. The van der Waals surface area contributed by atoms with Crippen LogP contribution in [-0.2, 0) is 0 Å². The fraction of sp³-hybridized carbons (Fsp3) is 0. The average Bonchev–Trinajstić information content (AvgIpc) is 3.69. The van der Waals surface area contributed by atoms with E-state index in [0.29, 0.717) is 16.8 Å². The van der Waals surface area contributed by atoms with E-state index in [2.05, 4.69) is 105 Å². The van der Waals surface area contributed by atoms with Gasteiger partial charge in [-0.15, -0.1) is 0 Å². The molecule has 9 rings (SSSR count). The summed E-state index contributed by atoms with van der Waals surface area (Å²) < 4.78 is 4.43. The highest BCUT2D eigenvalue weighted by molar-refractivity contribution is 6.11. The lowest BCUT2D eigenvalue weighted by Crippen LogP contribution is -1.99. The highest BCUT2D eigenvalue weighted by atomic mass is 15.0. The number of nitrogens with zero attached hydrogens (tertiary/aromatic N) is 5. The Morgan fingerprint density at radius 3 is 1.92 bits per heavy atom. The van der Waals surface area contributed by atoms with Crippen LogP contribution in [0.2, 0.25) is 0 Å². The second-order valence-electron chi connectivity index (χ2n) is 12.3. The molecule has 0 bridgehead atoms. The quantitative estimate of drug-likeness (QED) is 0.181. The first-order valence-electron chi connectivity index (χ1n) is 16.3. The highest BCUT2D eigenvalue weighted by Gasteiger charge is 2.19. The van der Waals surface area contributed by atoms with Crippen LogP contribution in [-0.4, -0.2) is 9.13 Å². The van der Waals surface area contributed by atoms with Gasteiger partial charge in [-0.25, -0.2) is 4.85 Å². The Balaban J connectivity index is 1.18. The van der Waals surface area contributed by atoms with E-state index in [0.717, 1.165) is 77.2 Å². The van der Waals surface area contributed by atoms with Crippen LogP contribution in [0.1, 0.15) is 11.1 Å². The molecule has 9 aromatic rings. The average molecular weight is 636 g/mol. The van der Waals surface area contributed by atoms with Gasteiger partial charge >= 0.3 is 0 Å². The number of para-hydroxylation sites is 2. The van der Waals surface area contributed by atoms with Crippen molar-refractivity contribution in [1.29, 1.82) is 10.5 Å². The van der Waals surface area contributed by atoms with Crippen LogP contribution in [0.5, 0.6) is 0 Å². The summed E-state index contributed by atoms with van der Waals surface area (Å²) in [6.45, 7) is 7.66. The maximum absolute atomic E-state index is 10.3. The number of benzene rings is 7. The van der Waals surface area contributed by atoms with Crippen molar-refractivity contribution in [1.82, 2.24) is 9.13 Å². The van der Waals surface area contributed by atoms with Crippen LogP contribution in [0, 0.1) is 29.2 Å². The fourth-order valence-electron chi connectivity index (χ4n) is 7.39. The van der Waals surface area contributed by atoms with Crippen molar-refractivity contribution in [2.24, 2.45) is 0 Å². The van der Waals surface area contributed by atoms with Crippen LogP contribution < -0.4 is 0 Å². The van der Waals surface area contributed by atoms with Gasteiger partial charge in [-0.2, -0.15) is 10.5 Å². The van der Waals surface area contributed by atoms with Crippen molar-refractivity contribution in [2.45, 2.75) is 0 Å². The van der Waals surface area contributed by atoms with E-state index in [1.165, 1.54) is 0 Å². The van der Waals surface area contributed by atoms with E-state index in [-0.39, 0.29) is 0 Å². The first kappa shape index (κ1) is 28.8. The molecule has 2 aromatic heterocycles. The van der Waals surface area contributed by atoms with Crippen molar-refractivity contribution in [2.75, 3.05) is 0 Å². The number of nitriles is 2. The van der Waals surface area contributed by atoms with Gasteiger partial charge in [0.15, 0.2) is 5.69 Å². The first-order chi connectivity index (χ1) is 24.7. The minimum atomic E-state index is 0.568. The zero-order valence-corrected chi connectivity index (χ0v) is 26.7. The Labute approximate surface area is 288 Å². The van der Waals surface area contributed by atoms with Gasteiger partial charge in [-0.3, -0.25) is 0 Å². The summed E-state index contributed by atoms with van der Waals surface area (Å²) in [6.07, 6.45) is 0. The zero-order chi connectivity index (χ0) is 33.8. The van der Waals surface area contributed by atoms with Gasteiger partial charge in [0.05, 0.1) is 52.1 Å². The highest BCUT2D eigenvalue weighted by Crippen LogP contribution is 2.40. The molecule has 50 heavy (non-hydrogen) atoms. The number of hydrogen-bond acceptors (Lipinski definition) is 2. The molecule has 2 heterocycles. The van der Waals surface area contributed by atoms with E-state index < -0.39 is 0 Å². The van der Waals surface area contributed by atoms with Crippen LogP contribution in [0.25, 0.3) is 82.1 Å². The SMILES string of the molecule is [C-]#[N+]c1ccc2c3ccccc3n(-c3cccc(C#N)c3-c3ccc(-c4cccc(-n5c6ccccc6c6cc(C#N)ccc65)c4)cc3)c2c1. The molecule has 0 fully saturated rings. The van der Waals surface area contributed by atoms with E-state index >= 15 is 0 Å². The number of fused-ring (bicyclic) bond motifs is 6. The molecule has 0 aliphatic rings. The molecule has 0 spiro atoms. The molecular weight excluding hydrogens is 611 g/mol. The van der Waals surface area contributed by atoms with Crippen molar-refractivity contribution in [3.05, 3.63) is 174 Å². The van der Waals surface area contributed by atoms with Crippen LogP contribution >= 0.6 is 0 Å². The molecule has 0 aliphatic carbocycles. The van der Waals surface area contributed by atoms with E-state index in [9.17, 15) is 10.5 Å². The number of rotatable bonds is 4. The van der Waals surface area contributed by atoms with Crippen molar-refractivity contribution in [3.8, 4) is 45.8 Å². The van der Waals surface area contributed by atoms with Gasteiger partial charge in [0.1, 0.15) is 0 Å². The normalized spacial score (nSPS) is 11.1. The molecule has 0 saturated carbocycles. The lowest BCUT2D eigenvalue weighted by molar-refractivity contribution is 1.18. The minimum absolute atomic E-state index is 0.568. The monoisotopic (exact) mass is 635 g/mol. The number of hydrogen-bond donors (Lipinski definition) is 0. The summed E-state index contributed by atoms with van der Waals surface area (Å²) >= 11 is 0. The Hall–Kier alpha value is -7.39. The molecule has 0 radical (unpaired) electrons. The maximum atomic E-state index is 10.3. The molecule has 0 unspecified atom stereocenters. The molecule has 5 nitrogen and oxygen atoms in total. The van der Waals surface area contributed by atoms with E-state index in [1.807, 2.05) is 72.8 Å². The van der Waals surface area contributed by atoms with Crippen LogP contribution in [0.15, 0.2) is 152 Å². The van der Waals surface area contributed by atoms with Crippen LogP contribution in [0.4, 0.5) is 5.69 Å². The lowest BCUT2D eigenvalue weighted by atomic mass is 9.95. The van der Waals surface area contributed by atoms with Gasteiger partial charge in [0.2, 0.25) is 0 Å². The predicted octanol–water partition coefficient (Wildman–Crippen LogP) is 11.5. The van der Waals surface area contributed by atoms with Crippen LogP contribution in [0.3, 0.4) is 0 Å². The zero-order valence-electron chi connectivity index (χ0n) is 26.7. The fourth-order valence-corrected chi connectivity index (χ4v) is 7.39. The molecule has 0 atom stereocenters. The summed E-state index contributed by atoms with van der Waals surface area (Å²) in [7, 11) is 0. The molecule has 0 saturated heterocycles. The minimum Gasteiger partial charge on any atom is -0.310 e. The lowest BCUT2D eigenvalue weighted by Gasteiger charge is -2.16. The molecule has 230 valence electrons. The van der Waals surface area contributed by atoms with Gasteiger partial charge < -0.3 is 9.13 Å². The smallest absolute Gasteiger partial charge is 0.189 e. The predicted molar refractivity (Wildman–Crippen MR) is 202 cm³/mol. The Morgan fingerprint density at radius 2 is 1.16 bits per heavy atom. The molecule has 5 heteroatoms. The third kappa shape index (κ3) is 4.38. The summed E-state index contributed by atoms with van der Waals surface area (Å²) in [6, 6.07) is 55.7. The van der Waals surface area contributed by atoms with Gasteiger partial charge in [-0.05, 0) is 77.4 Å². The second kappa shape index (κ2) is 11.4. The Morgan fingerprint density at radius 1 is 0.480 bits per heavy atom. The molecule has 7 aromatic carbocycles. The molecule has 0 amide bonds. The summed E-state index contributed by atoms with van der Waals surface area (Å²) in [5, 5.41) is 24.2. The largest absolute Gasteiger partial charge is 0.310 e. The Bertz CT molecular complexity index is 2960. The maximum Gasteiger partial charge on any atom is 0.189 e. The third-order valence-electron chi connectivity index (χ3n) is 9.60. The van der Waals surface area contributed by atoms with Crippen molar-refractivity contribution in [3.63, 3.8) is 0 Å². The molecular formula is C45H25N5. The van der Waals surface area contributed by atoms with Crippen molar-refractivity contribution >= 4 is 49.3 Å². The molecule has 0 N–H and O–H groups in total. The standard InChI is InChI=1S/C45H25N5/c1-48-34-21-22-38-36-11-2-5-14-41(36)50(44(38)26-34)43-15-7-9-33(28-47)45(43)31-19-17-30(18-20-31)32-8-6-10-35(25-32)49-40-13-4-3-12-37(40)39-24-29(27-46)16-23-42(39)49/h2-26H. The summed E-state index contributed by atoms with van der Waals surface area (Å²) in [5.74, 6) is 0. The van der Waals surface area contributed by atoms with Gasteiger partial charge in [0.25, 0.3) is 0 Å². The Kier molecular flexibility index (Phi) is 6.56. The van der Waals surface area contributed by atoms with E-state index in [1.54, 1.807) is 0 Å². The first-order valence-corrected chi connectivity index (χ1v) is 16.3. The number of aromatic nitrogens is 2. The third-order valence-corrected chi connectivity index (χ3v) is 9.60. The topological polar surface area (TPSA) is 61.8 Å².